The predicted molar refractivity (Wildman–Crippen MR) is 91.6 cm³/mol. The predicted octanol–water partition coefficient (Wildman–Crippen LogP) is -0.115. The molecule has 0 aromatic carbocycles. The van der Waals surface area contributed by atoms with Crippen LogP contribution in [0.4, 0.5) is 0 Å². The standard InChI is InChI=1S/C16H31N5O2/c1-3-6-18-15(22)12-19-16(17-4-2)21-7-5-14(13-21)20-8-10-23-11-9-20/h14H,3-13H2,1-2H3,(H,17,19)(H,18,22). The molecule has 2 fully saturated rings. The Labute approximate surface area is 139 Å². The SMILES string of the molecule is CCCNC(=O)CN=C(NCC)N1CCC(N2CCOCC2)C1. The number of carbonyl (C=O) groups is 1. The minimum absolute atomic E-state index is 0.00817. The Kier molecular flexibility index (Phi) is 7.61. The van der Waals surface area contributed by atoms with Gasteiger partial charge in [-0.25, -0.2) is 4.99 Å². The van der Waals surface area contributed by atoms with E-state index in [0.29, 0.717) is 12.6 Å². The van der Waals surface area contributed by atoms with Crippen LogP contribution in [0.3, 0.4) is 0 Å². The number of ether oxygens (including phenoxy) is 1. The zero-order valence-electron chi connectivity index (χ0n) is 14.5. The van der Waals surface area contributed by atoms with Gasteiger partial charge in [0.2, 0.25) is 5.91 Å². The summed E-state index contributed by atoms with van der Waals surface area (Å²) in [7, 11) is 0. The molecule has 7 nitrogen and oxygen atoms in total. The van der Waals surface area contributed by atoms with E-state index in [1.165, 1.54) is 0 Å². The van der Waals surface area contributed by atoms with Crippen LogP contribution in [-0.4, -0.2) is 86.7 Å². The first-order chi connectivity index (χ1) is 11.2. The van der Waals surface area contributed by atoms with E-state index in [1.54, 1.807) is 0 Å². The fourth-order valence-electron chi connectivity index (χ4n) is 3.07. The number of hydrogen-bond donors (Lipinski definition) is 2. The first-order valence-electron chi connectivity index (χ1n) is 8.86. The molecule has 0 saturated carbocycles. The molecule has 2 heterocycles. The summed E-state index contributed by atoms with van der Waals surface area (Å²) >= 11 is 0. The monoisotopic (exact) mass is 325 g/mol. The minimum Gasteiger partial charge on any atom is -0.379 e. The van der Waals surface area contributed by atoms with E-state index in [-0.39, 0.29) is 12.5 Å². The lowest BCUT2D eigenvalue weighted by Gasteiger charge is -2.32. The second kappa shape index (κ2) is 9.72. The number of nitrogens with one attached hydrogen (secondary N) is 2. The van der Waals surface area contributed by atoms with Crippen molar-refractivity contribution in [2.45, 2.75) is 32.7 Å². The van der Waals surface area contributed by atoms with Gasteiger partial charge in [0.1, 0.15) is 6.54 Å². The van der Waals surface area contributed by atoms with Gasteiger partial charge >= 0.3 is 0 Å². The number of carbonyl (C=O) groups excluding carboxylic acids is 1. The molecule has 1 amide bonds. The smallest absolute Gasteiger partial charge is 0.241 e. The molecule has 2 rings (SSSR count). The highest BCUT2D eigenvalue weighted by Gasteiger charge is 2.30. The number of hydrogen-bond acceptors (Lipinski definition) is 4. The third kappa shape index (κ3) is 5.66. The number of nitrogens with zero attached hydrogens (tertiary/aromatic N) is 3. The maximum Gasteiger partial charge on any atom is 0.241 e. The van der Waals surface area contributed by atoms with Crippen LogP contribution in [0.25, 0.3) is 0 Å². The molecule has 0 spiro atoms. The van der Waals surface area contributed by atoms with E-state index in [9.17, 15) is 4.79 Å². The van der Waals surface area contributed by atoms with Crippen molar-refractivity contribution in [2.24, 2.45) is 4.99 Å². The molecule has 2 aliphatic rings. The molecule has 2 N–H and O–H groups in total. The van der Waals surface area contributed by atoms with E-state index in [4.69, 9.17) is 4.74 Å². The third-order valence-corrected chi connectivity index (χ3v) is 4.30. The Morgan fingerprint density at radius 1 is 1.22 bits per heavy atom. The van der Waals surface area contributed by atoms with Gasteiger partial charge in [-0.15, -0.1) is 0 Å². The van der Waals surface area contributed by atoms with E-state index < -0.39 is 0 Å². The lowest BCUT2D eigenvalue weighted by atomic mass is 10.2. The number of rotatable bonds is 6. The topological polar surface area (TPSA) is 69.2 Å². The molecule has 7 heteroatoms. The minimum atomic E-state index is -0.00817. The number of likely N-dealkylation sites (tertiary alicyclic amines) is 1. The molecular formula is C16H31N5O2. The van der Waals surface area contributed by atoms with Crippen molar-refractivity contribution in [1.29, 1.82) is 0 Å². The summed E-state index contributed by atoms with van der Waals surface area (Å²) in [5, 5.41) is 6.18. The Hall–Kier alpha value is -1.34. The van der Waals surface area contributed by atoms with Crippen molar-refractivity contribution in [3.05, 3.63) is 0 Å². The molecule has 1 unspecified atom stereocenters. The summed E-state index contributed by atoms with van der Waals surface area (Å²) in [5.41, 5.74) is 0. The number of aliphatic imine (C=N–C) groups is 1. The highest BCUT2D eigenvalue weighted by atomic mass is 16.5. The second-order valence-electron chi connectivity index (χ2n) is 6.06. The van der Waals surface area contributed by atoms with E-state index in [2.05, 4.69) is 32.3 Å². The van der Waals surface area contributed by atoms with E-state index >= 15 is 0 Å². The third-order valence-electron chi connectivity index (χ3n) is 4.30. The first kappa shape index (κ1) is 18.0. The van der Waals surface area contributed by atoms with Crippen LogP contribution in [0.2, 0.25) is 0 Å². The van der Waals surface area contributed by atoms with Crippen molar-refractivity contribution < 1.29 is 9.53 Å². The Balaban J connectivity index is 1.86. The van der Waals surface area contributed by atoms with Gasteiger partial charge in [0.15, 0.2) is 5.96 Å². The van der Waals surface area contributed by atoms with Crippen LogP contribution in [0.15, 0.2) is 4.99 Å². The fraction of sp³-hybridized carbons (Fsp3) is 0.875. The van der Waals surface area contributed by atoms with E-state index in [0.717, 1.165) is 64.7 Å². The van der Waals surface area contributed by atoms with Crippen molar-refractivity contribution in [3.8, 4) is 0 Å². The van der Waals surface area contributed by atoms with Crippen LogP contribution in [0.5, 0.6) is 0 Å². The summed E-state index contributed by atoms with van der Waals surface area (Å²) in [6.07, 6.45) is 2.09. The Bertz CT molecular complexity index is 396. The zero-order chi connectivity index (χ0) is 16.5. The highest BCUT2D eigenvalue weighted by Crippen LogP contribution is 2.17. The number of morpholine rings is 1. The van der Waals surface area contributed by atoms with Gasteiger partial charge in [0.05, 0.1) is 13.2 Å². The average molecular weight is 325 g/mol. The lowest BCUT2D eigenvalue weighted by molar-refractivity contribution is -0.119. The Morgan fingerprint density at radius 3 is 2.70 bits per heavy atom. The lowest BCUT2D eigenvalue weighted by Crippen LogP contribution is -2.47. The van der Waals surface area contributed by atoms with Crippen LogP contribution in [0.1, 0.15) is 26.7 Å². The molecule has 0 aromatic heterocycles. The summed E-state index contributed by atoms with van der Waals surface area (Å²) in [4.78, 5) is 21.0. The second-order valence-corrected chi connectivity index (χ2v) is 6.06. The van der Waals surface area contributed by atoms with Crippen molar-refractivity contribution in [1.82, 2.24) is 20.4 Å². The van der Waals surface area contributed by atoms with Crippen LogP contribution < -0.4 is 10.6 Å². The van der Waals surface area contributed by atoms with Crippen LogP contribution >= 0.6 is 0 Å². The van der Waals surface area contributed by atoms with Gasteiger partial charge in [0, 0.05) is 45.3 Å². The fourth-order valence-corrected chi connectivity index (χ4v) is 3.07. The quantitative estimate of drug-likeness (QED) is 0.527. The Morgan fingerprint density at radius 2 is 2.00 bits per heavy atom. The van der Waals surface area contributed by atoms with Crippen LogP contribution in [0, 0.1) is 0 Å². The van der Waals surface area contributed by atoms with E-state index in [1.807, 2.05) is 6.92 Å². The van der Waals surface area contributed by atoms with Crippen LogP contribution in [-0.2, 0) is 9.53 Å². The van der Waals surface area contributed by atoms with Gasteiger partial charge < -0.3 is 20.3 Å². The summed E-state index contributed by atoms with van der Waals surface area (Å²) in [5.74, 6) is 0.848. The highest BCUT2D eigenvalue weighted by molar-refractivity contribution is 5.85. The van der Waals surface area contributed by atoms with Crippen molar-refractivity contribution in [2.75, 3.05) is 59.0 Å². The molecule has 0 radical (unpaired) electrons. The van der Waals surface area contributed by atoms with Crippen molar-refractivity contribution in [3.63, 3.8) is 0 Å². The van der Waals surface area contributed by atoms with Crippen molar-refractivity contribution >= 4 is 11.9 Å². The number of amides is 1. The molecule has 23 heavy (non-hydrogen) atoms. The van der Waals surface area contributed by atoms with Gasteiger partial charge in [-0.2, -0.15) is 0 Å². The molecule has 1 atom stereocenters. The van der Waals surface area contributed by atoms with Gasteiger partial charge in [-0.3, -0.25) is 9.69 Å². The average Bonchev–Trinajstić information content (AvgIpc) is 3.07. The van der Waals surface area contributed by atoms with Gasteiger partial charge in [-0.05, 0) is 19.8 Å². The largest absolute Gasteiger partial charge is 0.379 e. The molecule has 0 bridgehead atoms. The molecule has 0 aliphatic carbocycles. The molecule has 132 valence electrons. The summed E-state index contributed by atoms with van der Waals surface area (Å²) in [6, 6.07) is 0.566. The molecule has 0 aromatic rings. The zero-order valence-corrected chi connectivity index (χ0v) is 14.5. The maximum atomic E-state index is 11.8. The van der Waals surface area contributed by atoms with Gasteiger partial charge in [-0.1, -0.05) is 6.92 Å². The molecular weight excluding hydrogens is 294 g/mol. The molecule has 2 aliphatic heterocycles. The first-order valence-corrected chi connectivity index (χ1v) is 8.86. The normalized spacial score (nSPS) is 23.1. The maximum absolute atomic E-state index is 11.8. The number of guanidine groups is 1. The summed E-state index contributed by atoms with van der Waals surface area (Å²) in [6.45, 7) is 11.5. The summed E-state index contributed by atoms with van der Waals surface area (Å²) < 4.78 is 5.43. The van der Waals surface area contributed by atoms with Gasteiger partial charge in [0.25, 0.3) is 0 Å². The molecule has 2 saturated heterocycles.